The van der Waals surface area contributed by atoms with Gasteiger partial charge < -0.3 is 0 Å². The molecule has 0 unspecified atom stereocenters. The number of para-hydroxylation sites is 1. The van der Waals surface area contributed by atoms with Gasteiger partial charge in [0.15, 0.2) is 6.29 Å². The molecule has 1 aromatic carbocycles. The molecule has 4 heteroatoms. The summed E-state index contributed by atoms with van der Waals surface area (Å²) in [5.74, 6) is 0.407. The average molecular weight is 255 g/mol. The SMILES string of the molecule is O=Cc1nnn(-c2ccccc2)c1C1CCCCC1. The fourth-order valence-electron chi connectivity index (χ4n) is 2.90. The van der Waals surface area contributed by atoms with E-state index < -0.39 is 0 Å². The minimum atomic E-state index is 0.407. The van der Waals surface area contributed by atoms with Gasteiger partial charge in [-0.05, 0) is 25.0 Å². The van der Waals surface area contributed by atoms with Crippen molar-refractivity contribution in [2.75, 3.05) is 0 Å². The van der Waals surface area contributed by atoms with Gasteiger partial charge >= 0.3 is 0 Å². The lowest BCUT2D eigenvalue weighted by Gasteiger charge is -2.22. The van der Waals surface area contributed by atoms with Gasteiger partial charge in [0.2, 0.25) is 0 Å². The van der Waals surface area contributed by atoms with E-state index in [-0.39, 0.29) is 0 Å². The third-order valence-corrected chi connectivity index (χ3v) is 3.84. The number of rotatable bonds is 3. The highest BCUT2D eigenvalue weighted by Gasteiger charge is 2.24. The van der Waals surface area contributed by atoms with Crippen LogP contribution in [0.2, 0.25) is 0 Å². The predicted molar refractivity (Wildman–Crippen MR) is 72.6 cm³/mol. The van der Waals surface area contributed by atoms with E-state index in [2.05, 4.69) is 10.3 Å². The first kappa shape index (κ1) is 12.1. The van der Waals surface area contributed by atoms with Gasteiger partial charge in [0.1, 0.15) is 5.69 Å². The van der Waals surface area contributed by atoms with E-state index in [9.17, 15) is 4.79 Å². The Morgan fingerprint density at radius 3 is 2.53 bits per heavy atom. The molecule has 0 spiro atoms. The van der Waals surface area contributed by atoms with Gasteiger partial charge in [0.25, 0.3) is 0 Å². The number of benzene rings is 1. The minimum absolute atomic E-state index is 0.407. The van der Waals surface area contributed by atoms with Crippen molar-refractivity contribution >= 4 is 6.29 Å². The van der Waals surface area contributed by atoms with Gasteiger partial charge in [0, 0.05) is 5.92 Å². The Hall–Kier alpha value is -1.97. The highest BCUT2D eigenvalue weighted by atomic mass is 16.1. The minimum Gasteiger partial charge on any atom is -0.296 e. The molecule has 4 nitrogen and oxygen atoms in total. The van der Waals surface area contributed by atoms with Gasteiger partial charge in [-0.15, -0.1) is 5.10 Å². The van der Waals surface area contributed by atoms with Crippen molar-refractivity contribution < 1.29 is 4.79 Å². The molecule has 0 amide bonds. The van der Waals surface area contributed by atoms with Gasteiger partial charge in [-0.3, -0.25) is 4.79 Å². The maximum Gasteiger partial charge on any atom is 0.172 e. The van der Waals surface area contributed by atoms with E-state index in [0.717, 1.165) is 30.5 Å². The summed E-state index contributed by atoms with van der Waals surface area (Å²) in [6.45, 7) is 0. The summed E-state index contributed by atoms with van der Waals surface area (Å²) in [6.07, 6.45) is 6.82. The lowest BCUT2D eigenvalue weighted by molar-refractivity contribution is 0.111. The highest BCUT2D eigenvalue weighted by Crippen LogP contribution is 2.34. The van der Waals surface area contributed by atoms with Gasteiger partial charge in [-0.1, -0.05) is 42.7 Å². The number of aromatic nitrogens is 3. The monoisotopic (exact) mass is 255 g/mol. The summed E-state index contributed by atoms with van der Waals surface area (Å²) >= 11 is 0. The summed E-state index contributed by atoms with van der Waals surface area (Å²) in [6, 6.07) is 9.91. The van der Waals surface area contributed by atoms with E-state index in [1.54, 1.807) is 0 Å². The molecular weight excluding hydrogens is 238 g/mol. The summed E-state index contributed by atoms with van der Waals surface area (Å²) in [7, 11) is 0. The smallest absolute Gasteiger partial charge is 0.172 e. The van der Waals surface area contributed by atoms with Crippen LogP contribution in [0, 0.1) is 0 Å². The van der Waals surface area contributed by atoms with E-state index in [0.29, 0.717) is 11.6 Å². The fourth-order valence-corrected chi connectivity index (χ4v) is 2.90. The Balaban J connectivity index is 2.05. The van der Waals surface area contributed by atoms with Crippen molar-refractivity contribution in [3.63, 3.8) is 0 Å². The quantitative estimate of drug-likeness (QED) is 0.792. The number of carbonyl (C=O) groups excluding carboxylic acids is 1. The van der Waals surface area contributed by atoms with E-state index in [1.165, 1.54) is 19.3 Å². The van der Waals surface area contributed by atoms with Crippen molar-refractivity contribution in [1.82, 2.24) is 15.0 Å². The second kappa shape index (κ2) is 5.34. The second-order valence-corrected chi connectivity index (χ2v) is 5.06. The summed E-state index contributed by atoms with van der Waals surface area (Å²) < 4.78 is 1.83. The summed E-state index contributed by atoms with van der Waals surface area (Å²) in [5.41, 5.74) is 2.46. The first-order valence-corrected chi connectivity index (χ1v) is 6.86. The van der Waals surface area contributed by atoms with Crippen LogP contribution >= 0.6 is 0 Å². The molecule has 98 valence electrons. The number of carbonyl (C=O) groups is 1. The molecule has 0 aliphatic heterocycles. The average Bonchev–Trinajstić information content (AvgIpc) is 2.93. The lowest BCUT2D eigenvalue weighted by atomic mass is 9.86. The highest BCUT2D eigenvalue weighted by molar-refractivity contribution is 5.74. The number of nitrogens with zero attached hydrogens (tertiary/aromatic N) is 3. The third-order valence-electron chi connectivity index (χ3n) is 3.84. The molecule has 0 saturated heterocycles. The van der Waals surface area contributed by atoms with Crippen LogP contribution in [0.1, 0.15) is 54.2 Å². The molecule has 0 N–H and O–H groups in total. The van der Waals surface area contributed by atoms with E-state index in [1.807, 2.05) is 35.0 Å². The first-order valence-electron chi connectivity index (χ1n) is 6.86. The second-order valence-electron chi connectivity index (χ2n) is 5.06. The van der Waals surface area contributed by atoms with Gasteiger partial charge in [0.05, 0.1) is 11.4 Å². The van der Waals surface area contributed by atoms with Crippen LogP contribution in [0.3, 0.4) is 0 Å². The van der Waals surface area contributed by atoms with Gasteiger partial charge in [-0.25, -0.2) is 4.68 Å². The van der Waals surface area contributed by atoms with E-state index in [4.69, 9.17) is 0 Å². The Bertz CT molecular complexity index is 556. The maximum absolute atomic E-state index is 11.2. The third kappa shape index (κ3) is 2.30. The zero-order chi connectivity index (χ0) is 13.1. The molecule has 0 radical (unpaired) electrons. The Labute approximate surface area is 112 Å². The molecule has 1 aliphatic rings. The fraction of sp³-hybridized carbons (Fsp3) is 0.400. The van der Waals surface area contributed by atoms with Crippen LogP contribution in [0.5, 0.6) is 0 Å². The van der Waals surface area contributed by atoms with Gasteiger partial charge in [-0.2, -0.15) is 0 Å². The van der Waals surface area contributed by atoms with Crippen LogP contribution in [0.4, 0.5) is 0 Å². The van der Waals surface area contributed by atoms with Crippen molar-refractivity contribution in [3.8, 4) is 5.69 Å². The van der Waals surface area contributed by atoms with Crippen molar-refractivity contribution in [3.05, 3.63) is 41.7 Å². The molecule has 0 atom stereocenters. The molecule has 0 bridgehead atoms. The summed E-state index contributed by atoms with van der Waals surface area (Å²) in [4.78, 5) is 11.2. The Morgan fingerprint density at radius 2 is 1.84 bits per heavy atom. The van der Waals surface area contributed by atoms with Crippen LogP contribution in [0.25, 0.3) is 5.69 Å². The largest absolute Gasteiger partial charge is 0.296 e. The van der Waals surface area contributed by atoms with Crippen molar-refractivity contribution in [2.45, 2.75) is 38.0 Å². The first-order chi connectivity index (χ1) is 9.40. The normalized spacial score (nSPS) is 16.4. The predicted octanol–water partition coefficient (Wildman–Crippen LogP) is 3.13. The number of hydrogen-bond acceptors (Lipinski definition) is 3. The zero-order valence-electron chi connectivity index (χ0n) is 10.8. The van der Waals surface area contributed by atoms with Crippen LogP contribution < -0.4 is 0 Å². The summed E-state index contributed by atoms with van der Waals surface area (Å²) in [5, 5.41) is 8.20. The van der Waals surface area contributed by atoms with Crippen LogP contribution in [-0.2, 0) is 0 Å². The Morgan fingerprint density at radius 1 is 1.11 bits per heavy atom. The number of aldehydes is 1. The Kier molecular flexibility index (Phi) is 3.40. The van der Waals surface area contributed by atoms with E-state index >= 15 is 0 Å². The molecule has 1 heterocycles. The maximum atomic E-state index is 11.2. The molecule has 1 saturated carbocycles. The molecule has 2 aromatic rings. The standard InChI is InChI=1S/C15H17N3O/c19-11-14-15(12-7-3-1-4-8-12)18(17-16-14)13-9-5-2-6-10-13/h2,5-6,9-12H,1,3-4,7-8H2. The van der Waals surface area contributed by atoms with Crippen LogP contribution in [0.15, 0.2) is 30.3 Å². The topological polar surface area (TPSA) is 47.8 Å². The van der Waals surface area contributed by atoms with Crippen molar-refractivity contribution in [2.24, 2.45) is 0 Å². The zero-order valence-corrected chi connectivity index (χ0v) is 10.8. The molecule has 19 heavy (non-hydrogen) atoms. The number of hydrogen-bond donors (Lipinski definition) is 0. The molecule has 3 rings (SSSR count). The molecule has 1 fully saturated rings. The molecular formula is C15H17N3O. The lowest BCUT2D eigenvalue weighted by Crippen LogP contribution is -2.12. The molecule has 1 aromatic heterocycles. The molecule has 1 aliphatic carbocycles. The van der Waals surface area contributed by atoms with Crippen molar-refractivity contribution in [1.29, 1.82) is 0 Å². The van der Waals surface area contributed by atoms with Crippen LogP contribution in [-0.4, -0.2) is 21.3 Å².